The number of anilines is 1. The Morgan fingerprint density at radius 2 is 2.05 bits per heavy atom. The Morgan fingerprint density at radius 3 is 2.89 bits per heavy atom. The van der Waals surface area contributed by atoms with Crippen LogP contribution >= 0.6 is 0 Å². The molecule has 1 fully saturated rings. The van der Waals surface area contributed by atoms with Crippen molar-refractivity contribution in [2.24, 2.45) is 5.92 Å². The first-order valence-corrected chi connectivity index (χ1v) is 7.05. The molecular formula is C16H20N2O. The Labute approximate surface area is 113 Å². The first-order chi connectivity index (χ1) is 9.25. The Balaban J connectivity index is 1.90. The third kappa shape index (κ3) is 2.37. The van der Waals surface area contributed by atoms with Crippen LogP contribution in [0.25, 0.3) is 10.9 Å². The maximum Gasteiger partial charge on any atom is 0.143 e. The van der Waals surface area contributed by atoms with Gasteiger partial charge < -0.3 is 10.5 Å². The van der Waals surface area contributed by atoms with E-state index in [-0.39, 0.29) is 0 Å². The predicted molar refractivity (Wildman–Crippen MR) is 78.2 cm³/mol. The van der Waals surface area contributed by atoms with Gasteiger partial charge in [-0.15, -0.1) is 0 Å². The topological polar surface area (TPSA) is 48.1 Å². The molecule has 1 aromatic heterocycles. The van der Waals surface area contributed by atoms with Crippen molar-refractivity contribution in [2.45, 2.75) is 38.7 Å². The van der Waals surface area contributed by atoms with Crippen molar-refractivity contribution < 1.29 is 4.74 Å². The standard InChI is InChI=1S/C16H20N2O/c1-11-5-2-3-7-14(11)19-15-9-8-13-12(16(15)17)6-4-10-18-13/h4,6,8-11,14H,2-3,5,7,17H2,1H3. The zero-order chi connectivity index (χ0) is 13.2. The maximum absolute atomic E-state index is 6.22. The van der Waals surface area contributed by atoms with Crippen LogP contribution < -0.4 is 10.5 Å². The van der Waals surface area contributed by atoms with Crippen molar-refractivity contribution in [1.82, 2.24) is 4.98 Å². The van der Waals surface area contributed by atoms with Gasteiger partial charge in [-0.1, -0.05) is 13.3 Å². The molecule has 0 spiro atoms. The summed E-state index contributed by atoms with van der Waals surface area (Å²) < 4.78 is 6.15. The minimum atomic E-state index is 0.296. The van der Waals surface area contributed by atoms with E-state index in [1.54, 1.807) is 6.20 Å². The number of benzene rings is 1. The normalized spacial score (nSPS) is 23.4. The van der Waals surface area contributed by atoms with Gasteiger partial charge in [0.05, 0.1) is 11.2 Å². The molecule has 3 nitrogen and oxygen atoms in total. The number of aromatic nitrogens is 1. The highest BCUT2D eigenvalue weighted by Gasteiger charge is 2.23. The van der Waals surface area contributed by atoms with Crippen molar-refractivity contribution in [3.05, 3.63) is 30.5 Å². The molecule has 3 heteroatoms. The van der Waals surface area contributed by atoms with Crippen LogP contribution in [0.4, 0.5) is 5.69 Å². The number of pyridine rings is 1. The lowest BCUT2D eigenvalue weighted by atomic mass is 9.88. The smallest absolute Gasteiger partial charge is 0.143 e. The van der Waals surface area contributed by atoms with Crippen LogP contribution in [-0.4, -0.2) is 11.1 Å². The van der Waals surface area contributed by atoms with E-state index in [1.165, 1.54) is 19.3 Å². The van der Waals surface area contributed by atoms with Gasteiger partial charge in [0.2, 0.25) is 0 Å². The van der Waals surface area contributed by atoms with Crippen LogP contribution in [-0.2, 0) is 0 Å². The fourth-order valence-electron chi connectivity index (χ4n) is 2.88. The molecule has 2 aromatic rings. The van der Waals surface area contributed by atoms with E-state index >= 15 is 0 Å². The highest BCUT2D eigenvalue weighted by Crippen LogP contribution is 2.34. The lowest BCUT2D eigenvalue weighted by molar-refractivity contribution is 0.103. The number of nitrogens with two attached hydrogens (primary N) is 1. The van der Waals surface area contributed by atoms with E-state index in [0.717, 1.165) is 23.1 Å². The first-order valence-electron chi connectivity index (χ1n) is 7.05. The minimum Gasteiger partial charge on any atom is -0.488 e. The monoisotopic (exact) mass is 256 g/mol. The summed E-state index contributed by atoms with van der Waals surface area (Å²) in [5.74, 6) is 1.41. The molecule has 1 aliphatic rings. The quantitative estimate of drug-likeness (QED) is 0.832. The fraction of sp³-hybridized carbons (Fsp3) is 0.438. The second-order valence-electron chi connectivity index (χ2n) is 5.47. The lowest BCUT2D eigenvalue weighted by Crippen LogP contribution is -2.28. The number of nitrogen functional groups attached to an aromatic ring is 1. The highest BCUT2D eigenvalue weighted by atomic mass is 16.5. The van der Waals surface area contributed by atoms with Crippen LogP contribution in [0.5, 0.6) is 5.75 Å². The number of rotatable bonds is 2. The molecule has 2 unspecified atom stereocenters. The summed E-state index contributed by atoms with van der Waals surface area (Å²) in [5, 5.41) is 0.975. The Morgan fingerprint density at radius 1 is 1.21 bits per heavy atom. The largest absolute Gasteiger partial charge is 0.488 e. The van der Waals surface area contributed by atoms with E-state index < -0.39 is 0 Å². The summed E-state index contributed by atoms with van der Waals surface area (Å²) in [6, 6.07) is 7.83. The van der Waals surface area contributed by atoms with Gasteiger partial charge >= 0.3 is 0 Å². The zero-order valence-corrected chi connectivity index (χ0v) is 11.3. The van der Waals surface area contributed by atoms with Crippen LogP contribution in [0.3, 0.4) is 0 Å². The van der Waals surface area contributed by atoms with E-state index in [4.69, 9.17) is 10.5 Å². The van der Waals surface area contributed by atoms with E-state index in [2.05, 4.69) is 11.9 Å². The van der Waals surface area contributed by atoms with Gasteiger partial charge in [0.25, 0.3) is 0 Å². The predicted octanol–water partition coefficient (Wildman–Crippen LogP) is 3.77. The van der Waals surface area contributed by atoms with Gasteiger partial charge in [-0.2, -0.15) is 0 Å². The van der Waals surface area contributed by atoms with Crippen molar-refractivity contribution in [3.63, 3.8) is 0 Å². The fourth-order valence-corrected chi connectivity index (χ4v) is 2.88. The summed E-state index contributed by atoms with van der Waals surface area (Å²) in [5.41, 5.74) is 7.85. The number of nitrogens with zero attached hydrogens (tertiary/aromatic N) is 1. The van der Waals surface area contributed by atoms with Gasteiger partial charge in [-0.3, -0.25) is 4.98 Å². The number of hydrogen-bond donors (Lipinski definition) is 1. The van der Waals surface area contributed by atoms with Gasteiger partial charge in [0, 0.05) is 11.6 Å². The third-order valence-corrected chi connectivity index (χ3v) is 4.10. The van der Waals surface area contributed by atoms with Crippen molar-refractivity contribution in [3.8, 4) is 5.75 Å². The molecule has 1 aromatic carbocycles. The average molecular weight is 256 g/mol. The summed E-state index contributed by atoms with van der Waals surface area (Å²) >= 11 is 0. The molecule has 0 amide bonds. The molecule has 2 N–H and O–H groups in total. The van der Waals surface area contributed by atoms with Gasteiger partial charge in [0.1, 0.15) is 11.9 Å². The van der Waals surface area contributed by atoms with E-state index in [0.29, 0.717) is 17.7 Å². The molecule has 19 heavy (non-hydrogen) atoms. The molecule has 1 aliphatic carbocycles. The minimum absolute atomic E-state index is 0.296. The molecular weight excluding hydrogens is 236 g/mol. The molecule has 100 valence electrons. The maximum atomic E-state index is 6.22. The molecule has 3 rings (SSSR count). The zero-order valence-electron chi connectivity index (χ0n) is 11.3. The molecule has 0 saturated heterocycles. The van der Waals surface area contributed by atoms with Gasteiger partial charge in [-0.25, -0.2) is 0 Å². The van der Waals surface area contributed by atoms with E-state index in [9.17, 15) is 0 Å². The molecule has 0 bridgehead atoms. The number of ether oxygens (including phenoxy) is 1. The highest BCUT2D eigenvalue weighted by molar-refractivity contribution is 5.93. The third-order valence-electron chi connectivity index (χ3n) is 4.10. The number of fused-ring (bicyclic) bond motifs is 1. The lowest BCUT2D eigenvalue weighted by Gasteiger charge is -2.29. The van der Waals surface area contributed by atoms with Crippen LogP contribution in [0.1, 0.15) is 32.6 Å². The van der Waals surface area contributed by atoms with Crippen molar-refractivity contribution >= 4 is 16.6 Å². The summed E-state index contributed by atoms with van der Waals surface area (Å²) in [6.07, 6.45) is 7.03. The van der Waals surface area contributed by atoms with Crippen LogP contribution in [0.2, 0.25) is 0 Å². The van der Waals surface area contributed by atoms with Crippen molar-refractivity contribution in [2.75, 3.05) is 5.73 Å². The summed E-state index contributed by atoms with van der Waals surface area (Å²) in [6.45, 7) is 2.27. The molecule has 1 heterocycles. The van der Waals surface area contributed by atoms with Crippen LogP contribution in [0.15, 0.2) is 30.5 Å². The molecule has 0 aliphatic heterocycles. The first kappa shape index (κ1) is 12.3. The Bertz CT molecular complexity index is 582. The van der Waals surface area contributed by atoms with Gasteiger partial charge in [-0.05, 0) is 49.4 Å². The second-order valence-corrected chi connectivity index (χ2v) is 5.47. The molecule has 2 atom stereocenters. The average Bonchev–Trinajstić information content (AvgIpc) is 2.44. The van der Waals surface area contributed by atoms with Crippen LogP contribution in [0, 0.1) is 5.92 Å². The second kappa shape index (κ2) is 5.08. The van der Waals surface area contributed by atoms with E-state index in [1.807, 2.05) is 24.3 Å². The summed E-state index contributed by atoms with van der Waals surface area (Å²) in [4.78, 5) is 4.31. The SMILES string of the molecule is CC1CCCCC1Oc1ccc2ncccc2c1N. The molecule has 1 saturated carbocycles. The summed E-state index contributed by atoms with van der Waals surface area (Å²) in [7, 11) is 0. The molecule has 0 radical (unpaired) electrons. The Kier molecular flexibility index (Phi) is 3.28. The number of hydrogen-bond acceptors (Lipinski definition) is 3. The Hall–Kier alpha value is -1.77. The van der Waals surface area contributed by atoms with Crippen molar-refractivity contribution in [1.29, 1.82) is 0 Å². The van der Waals surface area contributed by atoms with Gasteiger partial charge in [0.15, 0.2) is 0 Å².